The van der Waals surface area contributed by atoms with Crippen molar-refractivity contribution in [1.29, 1.82) is 0 Å². The van der Waals surface area contributed by atoms with Gasteiger partial charge in [-0.05, 0) is 34.1 Å². The second-order valence-corrected chi connectivity index (χ2v) is 4.80. The Morgan fingerprint density at radius 3 is 2.55 bits per heavy atom. The number of anilines is 3. The molecule has 0 aliphatic heterocycles. The van der Waals surface area contributed by atoms with Crippen molar-refractivity contribution < 1.29 is 18.7 Å². The number of nitrogens with one attached hydrogen (secondary N) is 1. The first kappa shape index (κ1) is 14.3. The molecular weight excluding hydrogens is 334 g/mol. The van der Waals surface area contributed by atoms with Gasteiger partial charge in [-0.25, -0.2) is 13.6 Å². The van der Waals surface area contributed by atoms with Crippen LogP contribution in [0.3, 0.4) is 0 Å². The normalized spacial score (nSPS) is 10.3. The van der Waals surface area contributed by atoms with Crippen LogP contribution in [0.25, 0.3) is 0 Å². The number of carboxylic acid groups (broad SMARTS) is 1. The van der Waals surface area contributed by atoms with E-state index in [-0.39, 0.29) is 17.1 Å². The van der Waals surface area contributed by atoms with Crippen LogP contribution in [-0.2, 0) is 0 Å². The summed E-state index contributed by atoms with van der Waals surface area (Å²) in [5, 5.41) is 11.4. The van der Waals surface area contributed by atoms with E-state index >= 15 is 0 Å². The Hall–Kier alpha value is -2.15. The predicted molar refractivity (Wildman–Crippen MR) is 75.2 cm³/mol. The zero-order valence-electron chi connectivity index (χ0n) is 9.95. The third-order valence-corrected chi connectivity index (χ3v) is 3.25. The van der Waals surface area contributed by atoms with Crippen LogP contribution in [0.2, 0.25) is 0 Å². The Morgan fingerprint density at radius 1 is 1.25 bits per heavy atom. The number of benzene rings is 2. The Kier molecular flexibility index (Phi) is 3.89. The molecule has 4 N–H and O–H groups in total. The number of hydrogen-bond donors (Lipinski definition) is 3. The summed E-state index contributed by atoms with van der Waals surface area (Å²) in [7, 11) is 0. The maximum absolute atomic E-state index is 13.7. The fraction of sp³-hybridized carbons (Fsp3) is 0. The van der Waals surface area contributed by atoms with Crippen LogP contribution in [0, 0.1) is 11.6 Å². The van der Waals surface area contributed by atoms with Crippen molar-refractivity contribution >= 4 is 39.0 Å². The van der Waals surface area contributed by atoms with Gasteiger partial charge in [0.1, 0.15) is 11.6 Å². The predicted octanol–water partition coefficient (Wildman–Crippen LogP) is 3.75. The molecule has 2 aromatic rings. The van der Waals surface area contributed by atoms with Crippen molar-refractivity contribution in [2.45, 2.75) is 0 Å². The van der Waals surface area contributed by atoms with Crippen LogP contribution >= 0.6 is 15.9 Å². The second-order valence-electron chi connectivity index (χ2n) is 3.95. The summed E-state index contributed by atoms with van der Waals surface area (Å²) in [6, 6.07) is 6.23. The minimum Gasteiger partial charge on any atom is -0.478 e. The average Bonchev–Trinajstić information content (AvgIpc) is 2.37. The maximum atomic E-state index is 13.7. The molecular formula is C13H9BrF2N2O2. The fourth-order valence-corrected chi connectivity index (χ4v) is 2.06. The molecule has 0 bridgehead atoms. The van der Waals surface area contributed by atoms with Gasteiger partial charge in [-0.15, -0.1) is 0 Å². The van der Waals surface area contributed by atoms with Crippen molar-refractivity contribution in [2.24, 2.45) is 0 Å². The molecule has 0 fully saturated rings. The van der Waals surface area contributed by atoms with Crippen molar-refractivity contribution in [3.05, 3.63) is 52.0 Å². The van der Waals surface area contributed by atoms with E-state index in [2.05, 4.69) is 21.2 Å². The van der Waals surface area contributed by atoms with E-state index in [4.69, 9.17) is 10.8 Å². The summed E-state index contributed by atoms with van der Waals surface area (Å²) < 4.78 is 27.7. The highest BCUT2D eigenvalue weighted by molar-refractivity contribution is 9.10. The second kappa shape index (κ2) is 5.46. The number of nitrogens with two attached hydrogens (primary N) is 1. The molecule has 0 radical (unpaired) electrons. The Bertz CT molecular complexity index is 672. The largest absolute Gasteiger partial charge is 0.478 e. The first-order chi connectivity index (χ1) is 9.40. The number of hydrogen-bond acceptors (Lipinski definition) is 3. The highest BCUT2D eigenvalue weighted by Crippen LogP contribution is 2.32. The molecule has 0 saturated carbocycles. The van der Waals surface area contributed by atoms with Gasteiger partial charge in [-0.3, -0.25) is 0 Å². The van der Waals surface area contributed by atoms with Gasteiger partial charge < -0.3 is 16.2 Å². The molecule has 20 heavy (non-hydrogen) atoms. The van der Waals surface area contributed by atoms with E-state index in [9.17, 15) is 13.6 Å². The molecule has 0 aliphatic rings. The molecule has 7 heteroatoms. The maximum Gasteiger partial charge on any atom is 0.338 e. The first-order valence-corrected chi connectivity index (χ1v) is 6.23. The number of rotatable bonds is 3. The summed E-state index contributed by atoms with van der Waals surface area (Å²) in [6.07, 6.45) is 0. The van der Waals surface area contributed by atoms with Crippen LogP contribution in [0.1, 0.15) is 10.4 Å². The van der Waals surface area contributed by atoms with Crippen LogP contribution in [-0.4, -0.2) is 11.1 Å². The topological polar surface area (TPSA) is 75.4 Å². The summed E-state index contributed by atoms with van der Waals surface area (Å²) in [5.74, 6) is -2.93. The summed E-state index contributed by atoms with van der Waals surface area (Å²) in [5.41, 5.74) is 5.27. The van der Waals surface area contributed by atoms with Crippen molar-refractivity contribution in [2.75, 3.05) is 11.1 Å². The lowest BCUT2D eigenvalue weighted by molar-refractivity contribution is 0.0692. The van der Waals surface area contributed by atoms with E-state index in [1.54, 1.807) is 6.07 Å². The third-order valence-electron chi connectivity index (χ3n) is 2.59. The van der Waals surface area contributed by atoms with Gasteiger partial charge >= 0.3 is 5.97 Å². The van der Waals surface area contributed by atoms with Crippen molar-refractivity contribution in [3.8, 4) is 0 Å². The smallest absolute Gasteiger partial charge is 0.338 e. The summed E-state index contributed by atoms with van der Waals surface area (Å²) in [6.45, 7) is 0. The first-order valence-electron chi connectivity index (χ1n) is 5.43. The van der Waals surface area contributed by atoms with E-state index < -0.39 is 23.2 Å². The van der Waals surface area contributed by atoms with Gasteiger partial charge in [0.25, 0.3) is 0 Å². The summed E-state index contributed by atoms with van der Waals surface area (Å²) in [4.78, 5) is 10.8. The highest BCUT2D eigenvalue weighted by atomic mass is 79.9. The Morgan fingerprint density at radius 2 is 1.95 bits per heavy atom. The van der Waals surface area contributed by atoms with E-state index in [1.807, 2.05) is 0 Å². The lowest BCUT2D eigenvalue weighted by atomic mass is 10.1. The molecule has 2 rings (SSSR count). The lowest BCUT2D eigenvalue weighted by Gasteiger charge is -2.13. The van der Waals surface area contributed by atoms with Crippen LogP contribution in [0.15, 0.2) is 34.8 Å². The number of nitrogen functional groups attached to an aromatic ring is 1. The SMILES string of the molecule is Nc1cc(C(=O)O)c(F)cc1Nc1c(F)cccc1Br. The molecule has 0 aromatic heterocycles. The molecule has 104 valence electrons. The minimum atomic E-state index is -1.42. The van der Waals surface area contributed by atoms with E-state index in [0.29, 0.717) is 4.47 Å². The monoisotopic (exact) mass is 342 g/mol. The van der Waals surface area contributed by atoms with Crippen LogP contribution in [0.4, 0.5) is 25.8 Å². The number of carboxylic acids is 1. The van der Waals surface area contributed by atoms with Gasteiger partial charge in [0.2, 0.25) is 0 Å². The lowest BCUT2D eigenvalue weighted by Crippen LogP contribution is -2.05. The fourth-order valence-electron chi connectivity index (χ4n) is 1.61. The highest BCUT2D eigenvalue weighted by Gasteiger charge is 2.15. The van der Waals surface area contributed by atoms with Gasteiger partial charge in [0, 0.05) is 10.5 Å². The zero-order valence-corrected chi connectivity index (χ0v) is 11.5. The van der Waals surface area contributed by atoms with Crippen LogP contribution in [0.5, 0.6) is 0 Å². The molecule has 0 spiro atoms. The molecule has 0 unspecified atom stereocenters. The summed E-state index contributed by atoms with van der Waals surface area (Å²) >= 11 is 3.15. The van der Waals surface area contributed by atoms with Crippen molar-refractivity contribution in [1.82, 2.24) is 0 Å². The molecule has 2 aromatic carbocycles. The van der Waals surface area contributed by atoms with E-state index in [0.717, 1.165) is 12.1 Å². The Balaban J connectivity index is 2.45. The number of carbonyl (C=O) groups is 1. The van der Waals surface area contributed by atoms with Gasteiger partial charge in [-0.1, -0.05) is 6.07 Å². The molecule has 0 amide bonds. The number of para-hydroxylation sites is 1. The third kappa shape index (κ3) is 2.72. The Labute approximate surface area is 121 Å². The zero-order chi connectivity index (χ0) is 14.9. The number of halogens is 3. The number of aromatic carboxylic acids is 1. The van der Waals surface area contributed by atoms with E-state index in [1.165, 1.54) is 12.1 Å². The van der Waals surface area contributed by atoms with Crippen LogP contribution < -0.4 is 11.1 Å². The average molecular weight is 343 g/mol. The molecule has 0 heterocycles. The minimum absolute atomic E-state index is 0.000969. The molecule has 0 saturated heterocycles. The molecule has 4 nitrogen and oxygen atoms in total. The van der Waals surface area contributed by atoms with Gasteiger partial charge in [-0.2, -0.15) is 0 Å². The van der Waals surface area contributed by atoms with Gasteiger partial charge in [0.05, 0.1) is 22.6 Å². The quantitative estimate of drug-likeness (QED) is 0.742. The molecule has 0 aliphatic carbocycles. The van der Waals surface area contributed by atoms with Crippen molar-refractivity contribution in [3.63, 3.8) is 0 Å². The molecule has 0 atom stereocenters. The standard InChI is InChI=1S/C13H9BrF2N2O2/c14-7-2-1-3-8(15)12(7)18-11-5-9(16)6(13(19)20)4-10(11)17/h1-5,18H,17H2,(H,19,20). The van der Waals surface area contributed by atoms with Gasteiger partial charge in [0.15, 0.2) is 0 Å².